The van der Waals surface area contributed by atoms with Gasteiger partial charge < -0.3 is 18.9 Å². The smallest absolute Gasteiger partial charge is 0.410 e. The summed E-state index contributed by atoms with van der Waals surface area (Å²) in [6, 6.07) is 1.61. The van der Waals surface area contributed by atoms with Gasteiger partial charge in [-0.3, -0.25) is 14.6 Å². The fourth-order valence-electron chi connectivity index (χ4n) is 4.03. The monoisotopic (exact) mass is 392 g/mol. The molecule has 0 radical (unpaired) electrons. The average molecular weight is 392 g/mol. The zero-order chi connectivity index (χ0) is 19.7. The summed E-state index contributed by atoms with van der Waals surface area (Å²) in [4.78, 5) is 30.8. The number of nitrogens with zero attached hydrogens (tertiary/aromatic N) is 4. The zero-order valence-corrected chi connectivity index (χ0v) is 16.5. The van der Waals surface area contributed by atoms with E-state index in [9.17, 15) is 9.59 Å². The summed E-state index contributed by atoms with van der Waals surface area (Å²) < 4.78 is 16.1. The fourth-order valence-corrected chi connectivity index (χ4v) is 4.03. The van der Waals surface area contributed by atoms with Gasteiger partial charge >= 0.3 is 6.09 Å². The maximum atomic E-state index is 12.7. The molecule has 3 fully saturated rings. The fraction of sp³-hybridized carbons (Fsp3) is 0.737. The number of morpholine rings is 1. The SMILES string of the molecule is CC(C)c1cc(C(=O)N2C[C@@H]3OC(=O)N(CCCN4CCOCC4)[C@@H]3C2)on1. The Labute approximate surface area is 164 Å². The summed E-state index contributed by atoms with van der Waals surface area (Å²) in [5.41, 5.74) is 0.763. The van der Waals surface area contributed by atoms with Crippen molar-refractivity contribution in [1.29, 1.82) is 0 Å². The standard InChI is InChI=1S/C19H28N4O5/c1-13(2)14-10-16(28-20-14)18(24)22-11-15-17(12-22)27-19(25)23(15)5-3-4-21-6-8-26-9-7-21/h10,13,15,17H,3-9,11-12H2,1-2H3/t15-,17+/m1/s1. The van der Waals surface area contributed by atoms with Gasteiger partial charge in [0.15, 0.2) is 0 Å². The summed E-state index contributed by atoms with van der Waals surface area (Å²) in [7, 11) is 0. The Morgan fingerprint density at radius 2 is 2.04 bits per heavy atom. The average Bonchev–Trinajstić information content (AvgIpc) is 3.38. The molecule has 0 unspecified atom stereocenters. The lowest BCUT2D eigenvalue weighted by Crippen LogP contribution is -2.42. The van der Waals surface area contributed by atoms with E-state index in [-0.39, 0.29) is 35.8 Å². The van der Waals surface area contributed by atoms with Gasteiger partial charge in [-0.1, -0.05) is 19.0 Å². The number of rotatable bonds is 6. The van der Waals surface area contributed by atoms with E-state index < -0.39 is 0 Å². The maximum Gasteiger partial charge on any atom is 0.410 e. The maximum absolute atomic E-state index is 12.7. The molecule has 3 saturated heterocycles. The quantitative estimate of drug-likeness (QED) is 0.718. The van der Waals surface area contributed by atoms with Crippen molar-refractivity contribution in [3.8, 4) is 0 Å². The number of fused-ring (bicyclic) bond motifs is 1. The molecule has 9 heteroatoms. The van der Waals surface area contributed by atoms with Crippen LogP contribution in [0.5, 0.6) is 0 Å². The van der Waals surface area contributed by atoms with E-state index in [1.54, 1.807) is 15.9 Å². The molecule has 2 amide bonds. The van der Waals surface area contributed by atoms with Crippen LogP contribution in [0, 0.1) is 0 Å². The van der Waals surface area contributed by atoms with Gasteiger partial charge in [0.25, 0.3) is 5.91 Å². The Morgan fingerprint density at radius 1 is 1.25 bits per heavy atom. The third-order valence-corrected chi connectivity index (χ3v) is 5.72. The minimum absolute atomic E-state index is 0.0892. The summed E-state index contributed by atoms with van der Waals surface area (Å²) in [5.74, 6) is 0.248. The third-order valence-electron chi connectivity index (χ3n) is 5.72. The van der Waals surface area contributed by atoms with Crippen LogP contribution in [0.1, 0.15) is 42.4 Å². The molecular formula is C19H28N4O5. The van der Waals surface area contributed by atoms with Gasteiger partial charge in [0.2, 0.25) is 5.76 Å². The highest BCUT2D eigenvalue weighted by Crippen LogP contribution is 2.28. The Balaban J connectivity index is 1.32. The first-order chi connectivity index (χ1) is 13.5. The second-order valence-corrected chi connectivity index (χ2v) is 7.97. The van der Waals surface area contributed by atoms with Crippen LogP contribution >= 0.6 is 0 Å². The molecule has 0 aromatic carbocycles. The van der Waals surface area contributed by atoms with Crippen LogP contribution in [-0.2, 0) is 9.47 Å². The largest absolute Gasteiger partial charge is 0.442 e. The Kier molecular flexibility index (Phi) is 5.54. The van der Waals surface area contributed by atoms with E-state index in [0.717, 1.165) is 45.0 Å². The van der Waals surface area contributed by atoms with Gasteiger partial charge in [-0.15, -0.1) is 0 Å². The summed E-state index contributed by atoms with van der Waals surface area (Å²) in [6.45, 7) is 9.85. The summed E-state index contributed by atoms with van der Waals surface area (Å²) in [6.07, 6.45) is 0.338. The van der Waals surface area contributed by atoms with Gasteiger partial charge in [-0.25, -0.2) is 4.79 Å². The topological polar surface area (TPSA) is 88.4 Å². The molecule has 1 aromatic heterocycles. The highest BCUT2D eigenvalue weighted by Gasteiger charge is 2.49. The molecule has 0 saturated carbocycles. The number of aromatic nitrogens is 1. The zero-order valence-electron chi connectivity index (χ0n) is 16.5. The third kappa shape index (κ3) is 3.86. The lowest BCUT2D eigenvalue weighted by molar-refractivity contribution is 0.0362. The van der Waals surface area contributed by atoms with Crippen LogP contribution < -0.4 is 0 Å². The van der Waals surface area contributed by atoms with E-state index in [4.69, 9.17) is 14.0 Å². The molecule has 28 heavy (non-hydrogen) atoms. The van der Waals surface area contributed by atoms with Crippen molar-refractivity contribution >= 4 is 12.0 Å². The van der Waals surface area contributed by atoms with Crippen molar-refractivity contribution in [3.05, 3.63) is 17.5 Å². The second-order valence-electron chi connectivity index (χ2n) is 7.97. The molecule has 9 nitrogen and oxygen atoms in total. The number of amides is 2. The van der Waals surface area contributed by atoms with Crippen molar-refractivity contribution < 1.29 is 23.6 Å². The van der Waals surface area contributed by atoms with Crippen molar-refractivity contribution in [1.82, 2.24) is 19.9 Å². The van der Waals surface area contributed by atoms with E-state index >= 15 is 0 Å². The van der Waals surface area contributed by atoms with Crippen LogP contribution in [0.3, 0.4) is 0 Å². The molecule has 154 valence electrons. The molecule has 4 rings (SSSR count). The van der Waals surface area contributed by atoms with Crippen molar-refractivity contribution in [2.75, 3.05) is 52.5 Å². The Morgan fingerprint density at radius 3 is 2.75 bits per heavy atom. The number of carbonyl (C=O) groups excluding carboxylic acids is 2. The highest BCUT2D eigenvalue weighted by atomic mass is 16.6. The number of hydrogen-bond donors (Lipinski definition) is 0. The first-order valence-electron chi connectivity index (χ1n) is 10.1. The van der Waals surface area contributed by atoms with Gasteiger partial charge in [0.1, 0.15) is 6.10 Å². The lowest BCUT2D eigenvalue weighted by atomic mass is 10.1. The minimum Gasteiger partial charge on any atom is -0.442 e. The van der Waals surface area contributed by atoms with E-state index in [0.29, 0.717) is 19.6 Å². The summed E-state index contributed by atoms with van der Waals surface area (Å²) >= 11 is 0. The van der Waals surface area contributed by atoms with Crippen LogP contribution in [0.2, 0.25) is 0 Å². The number of hydrogen-bond acceptors (Lipinski definition) is 7. The predicted octanol–water partition coefficient (Wildman–Crippen LogP) is 1.17. The molecule has 0 aliphatic carbocycles. The molecule has 0 spiro atoms. The molecule has 3 aliphatic rings. The predicted molar refractivity (Wildman–Crippen MR) is 99.1 cm³/mol. The summed E-state index contributed by atoms with van der Waals surface area (Å²) in [5, 5.41) is 3.96. The normalized spacial score (nSPS) is 25.5. The van der Waals surface area contributed by atoms with Crippen molar-refractivity contribution in [2.24, 2.45) is 0 Å². The van der Waals surface area contributed by atoms with Crippen molar-refractivity contribution in [3.63, 3.8) is 0 Å². The molecule has 2 atom stereocenters. The second kappa shape index (κ2) is 8.08. The van der Waals surface area contributed by atoms with Crippen LogP contribution in [0.15, 0.2) is 10.6 Å². The van der Waals surface area contributed by atoms with Crippen LogP contribution in [-0.4, -0.2) is 96.5 Å². The number of likely N-dealkylation sites (tertiary alicyclic amines) is 1. The van der Waals surface area contributed by atoms with Gasteiger partial charge in [0.05, 0.1) is 31.5 Å². The lowest BCUT2D eigenvalue weighted by Gasteiger charge is -2.28. The van der Waals surface area contributed by atoms with Crippen LogP contribution in [0.4, 0.5) is 4.79 Å². The van der Waals surface area contributed by atoms with Gasteiger partial charge in [-0.05, 0) is 12.3 Å². The molecule has 1 aromatic rings. The van der Waals surface area contributed by atoms with Gasteiger partial charge in [0, 0.05) is 38.8 Å². The Bertz CT molecular complexity index is 715. The van der Waals surface area contributed by atoms with E-state index in [1.165, 1.54) is 0 Å². The minimum atomic E-state index is -0.272. The first-order valence-corrected chi connectivity index (χ1v) is 10.1. The van der Waals surface area contributed by atoms with E-state index in [2.05, 4.69) is 10.1 Å². The number of ether oxygens (including phenoxy) is 2. The molecule has 0 bridgehead atoms. The molecular weight excluding hydrogens is 364 g/mol. The first kappa shape index (κ1) is 19.2. The van der Waals surface area contributed by atoms with Gasteiger partial charge in [-0.2, -0.15) is 0 Å². The Hall–Kier alpha value is -2.13. The highest BCUT2D eigenvalue weighted by molar-refractivity contribution is 5.92. The molecule has 3 aliphatic heterocycles. The molecule has 4 heterocycles. The van der Waals surface area contributed by atoms with Crippen LogP contribution in [0.25, 0.3) is 0 Å². The van der Waals surface area contributed by atoms with E-state index in [1.807, 2.05) is 13.8 Å². The molecule has 0 N–H and O–H groups in total. The number of carbonyl (C=O) groups is 2. The van der Waals surface area contributed by atoms with Crippen molar-refractivity contribution in [2.45, 2.75) is 38.3 Å².